The summed E-state index contributed by atoms with van der Waals surface area (Å²) in [5, 5.41) is 12.4. The molecule has 0 unspecified atom stereocenters. The monoisotopic (exact) mass is 152 g/mol. The van der Waals surface area contributed by atoms with E-state index in [1.54, 1.807) is 18.3 Å². The maximum atomic E-state index is 8.60. The number of nitrogens with two attached hydrogens (primary N) is 1. The molecule has 10 heavy (non-hydrogen) atoms. The van der Waals surface area contributed by atoms with Gasteiger partial charge in [0.15, 0.2) is 0 Å². The van der Waals surface area contributed by atoms with E-state index < -0.39 is 5.54 Å². The Hall–Kier alpha value is -0.850. The zero-order valence-electron chi connectivity index (χ0n) is 5.66. The van der Waals surface area contributed by atoms with Crippen LogP contribution in [-0.2, 0) is 5.54 Å². The van der Waals surface area contributed by atoms with Gasteiger partial charge in [0, 0.05) is 0 Å². The van der Waals surface area contributed by atoms with Crippen LogP contribution in [0.4, 0.5) is 0 Å². The van der Waals surface area contributed by atoms with E-state index in [1.807, 2.05) is 22.9 Å². The first kappa shape index (κ1) is 7.26. The maximum Gasteiger partial charge on any atom is 0.127 e. The standard InChI is InChI=1S/C7H8N2S/c1-7(9,5-8)6-2-3-10-4-6/h2-4H,9H2,1H3/t7-/m1/s1. The lowest BCUT2D eigenvalue weighted by Gasteiger charge is -2.11. The van der Waals surface area contributed by atoms with Gasteiger partial charge in [-0.3, -0.25) is 0 Å². The third-order valence-electron chi connectivity index (χ3n) is 1.35. The summed E-state index contributed by atoms with van der Waals surface area (Å²) in [6.07, 6.45) is 0. The highest BCUT2D eigenvalue weighted by atomic mass is 32.1. The van der Waals surface area contributed by atoms with Crippen LogP contribution in [0.3, 0.4) is 0 Å². The lowest BCUT2D eigenvalue weighted by Crippen LogP contribution is -2.29. The normalized spacial score (nSPS) is 15.7. The molecule has 0 amide bonds. The molecule has 0 saturated heterocycles. The molecule has 1 heterocycles. The average Bonchev–Trinajstić information content (AvgIpc) is 2.38. The highest BCUT2D eigenvalue weighted by molar-refractivity contribution is 7.08. The second-order valence-corrected chi connectivity index (χ2v) is 3.11. The second kappa shape index (κ2) is 2.41. The molecule has 0 aliphatic heterocycles. The molecule has 0 radical (unpaired) electrons. The molecule has 0 spiro atoms. The first-order valence-electron chi connectivity index (χ1n) is 2.89. The van der Waals surface area contributed by atoms with Crippen LogP contribution in [0, 0.1) is 11.3 Å². The molecule has 0 aliphatic carbocycles. The van der Waals surface area contributed by atoms with Crippen LogP contribution in [0.25, 0.3) is 0 Å². The van der Waals surface area contributed by atoms with Crippen molar-refractivity contribution >= 4 is 11.3 Å². The highest BCUT2D eigenvalue weighted by Crippen LogP contribution is 2.18. The summed E-state index contributed by atoms with van der Waals surface area (Å²) in [5.41, 5.74) is 5.70. The number of nitrogens with zero attached hydrogens (tertiary/aromatic N) is 1. The molecule has 1 atom stereocenters. The van der Waals surface area contributed by atoms with Crippen LogP contribution >= 0.6 is 11.3 Å². The van der Waals surface area contributed by atoms with Crippen molar-refractivity contribution in [2.75, 3.05) is 0 Å². The smallest absolute Gasteiger partial charge is 0.127 e. The van der Waals surface area contributed by atoms with E-state index >= 15 is 0 Å². The van der Waals surface area contributed by atoms with E-state index in [4.69, 9.17) is 11.0 Å². The summed E-state index contributed by atoms with van der Waals surface area (Å²) in [6, 6.07) is 3.90. The van der Waals surface area contributed by atoms with Gasteiger partial charge in [-0.25, -0.2) is 0 Å². The first-order chi connectivity index (χ1) is 4.67. The molecule has 1 aromatic heterocycles. The fourth-order valence-electron chi connectivity index (χ4n) is 0.625. The molecule has 0 saturated carbocycles. The fourth-order valence-corrected chi connectivity index (χ4v) is 1.40. The summed E-state index contributed by atoms with van der Waals surface area (Å²) in [4.78, 5) is 0. The van der Waals surface area contributed by atoms with Crippen molar-refractivity contribution in [2.24, 2.45) is 5.73 Å². The van der Waals surface area contributed by atoms with E-state index in [2.05, 4.69) is 0 Å². The number of rotatable bonds is 1. The van der Waals surface area contributed by atoms with Gasteiger partial charge in [-0.05, 0) is 29.3 Å². The van der Waals surface area contributed by atoms with Gasteiger partial charge in [0.2, 0.25) is 0 Å². The van der Waals surface area contributed by atoms with Gasteiger partial charge >= 0.3 is 0 Å². The van der Waals surface area contributed by atoms with Gasteiger partial charge in [-0.1, -0.05) is 0 Å². The predicted molar refractivity (Wildman–Crippen MR) is 41.5 cm³/mol. The van der Waals surface area contributed by atoms with Crippen molar-refractivity contribution in [3.8, 4) is 6.07 Å². The van der Waals surface area contributed by atoms with Gasteiger partial charge in [-0.15, -0.1) is 0 Å². The average molecular weight is 152 g/mol. The van der Waals surface area contributed by atoms with Gasteiger partial charge in [0.05, 0.1) is 6.07 Å². The predicted octanol–water partition coefficient (Wildman–Crippen LogP) is 1.45. The largest absolute Gasteiger partial charge is 0.310 e. The molecule has 0 aliphatic rings. The van der Waals surface area contributed by atoms with Crippen molar-refractivity contribution < 1.29 is 0 Å². The third kappa shape index (κ3) is 1.18. The molecule has 2 N–H and O–H groups in total. The molecule has 3 heteroatoms. The van der Waals surface area contributed by atoms with Crippen LogP contribution in [-0.4, -0.2) is 0 Å². The SMILES string of the molecule is C[C@@](N)(C#N)c1ccsc1. The summed E-state index contributed by atoms with van der Waals surface area (Å²) in [6.45, 7) is 1.70. The summed E-state index contributed by atoms with van der Waals surface area (Å²) >= 11 is 1.55. The van der Waals surface area contributed by atoms with E-state index in [0.29, 0.717) is 0 Å². The number of hydrogen-bond donors (Lipinski definition) is 1. The van der Waals surface area contributed by atoms with E-state index in [-0.39, 0.29) is 0 Å². The Labute approximate surface area is 63.9 Å². The maximum absolute atomic E-state index is 8.60. The highest BCUT2D eigenvalue weighted by Gasteiger charge is 2.19. The summed E-state index contributed by atoms with van der Waals surface area (Å²) in [5.74, 6) is 0. The zero-order chi connectivity index (χ0) is 7.61. The van der Waals surface area contributed by atoms with Crippen LogP contribution in [0.5, 0.6) is 0 Å². The molecule has 1 rings (SSSR count). The van der Waals surface area contributed by atoms with Crippen molar-refractivity contribution in [2.45, 2.75) is 12.5 Å². The molecule has 0 bridgehead atoms. The molecule has 2 nitrogen and oxygen atoms in total. The lowest BCUT2D eigenvalue weighted by molar-refractivity contribution is 0.649. The van der Waals surface area contributed by atoms with Crippen LogP contribution in [0.1, 0.15) is 12.5 Å². The number of thiophene rings is 1. The number of hydrogen-bond acceptors (Lipinski definition) is 3. The van der Waals surface area contributed by atoms with Gasteiger partial charge in [0.1, 0.15) is 5.54 Å². The molecular formula is C7H8N2S. The summed E-state index contributed by atoms with van der Waals surface area (Å²) in [7, 11) is 0. The molecule has 1 aromatic rings. The fraction of sp³-hybridized carbons (Fsp3) is 0.286. The number of nitriles is 1. The minimum absolute atomic E-state index is 0.819. The second-order valence-electron chi connectivity index (χ2n) is 2.33. The minimum atomic E-state index is -0.819. The topological polar surface area (TPSA) is 49.8 Å². The van der Waals surface area contributed by atoms with Crippen molar-refractivity contribution in [1.82, 2.24) is 0 Å². The van der Waals surface area contributed by atoms with Crippen molar-refractivity contribution in [3.63, 3.8) is 0 Å². The lowest BCUT2D eigenvalue weighted by atomic mass is 9.99. The van der Waals surface area contributed by atoms with E-state index in [0.717, 1.165) is 5.56 Å². The van der Waals surface area contributed by atoms with Crippen molar-refractivity contribution in [3.05, 3.63) is 22.4 Å². The molecule has 0 fully saturated rings. The summed E-state index contributed by atoms with van der Waals surface area (Å²) < 4.78 is 0. The molecular weight excluding hydrogens is 144 g/mol. The Morgan fingerprint density at radius 1 is 1.80 bits per heavy atom. The molecule has 52 valence electrons. The van der Waals surface area contributed by atoms with E-state index in [1.165, 1.54) is 0 Å². The Morgan fingerprint density at radius 2 is 2.50 bits per heavy atom. The van der Waals surface area contributed by atoms with Gasteiger partial charge in [0.25, 0.3) is 0 Å². The first-order valence-corrected chi connectivity index (χ1v) is 3.84. The zero-order valence-corrected chi connectivity index (χ0v) is 6.48. The van der Waals surface area contributed by atoms with Crippen molar-refractivity contribution in [1.29, 1.82) is 5.26 Å². The van der Waals surface area contributed by atoms with Gasteiger partial charge < -0.3 is 5.73 Å². The minimum Gasteiger partial charge on any atom is -0.310 e. The van der Waals surface area contributed by atoms with E-state index in [9.17, 15) is 0 Å². The Morgan fingerprint density at radius 3 is 2.90 bits per heavy atom. The van der Waals surface area contributed by atoms with Crippen LogP contribution in [0.2, 0.25) is 0 Å². The third-order valence-corrected chi connectivity index (χ3v) is 2.04. The van der Waals surface area contributed by atoms with Gasteiger partial charge in [-0.2, -0.15) is 16.6 Å². The quantitative estimate of drug-likeness (QED) is 0.662. The van der Waals surface area contributed by atoms with Crippen LogP contribution < -0.4 is 5.73 Å². The van der Waals surface area contributed by atoms with Crippen LogP contribution in [0.15, 0.2) is 16.8 Å². The Balaban J connectivity index is 2.99. The molecule has 0 aromatic carbocycles. The Kier molecular flexibility index (Phi) is 1.75. The Bertz CT molecular complexity index is 243.